The highest BCUT2D eigenvalue weighted by molar-refractivity contribution is 5.36. The van der Waals surface area contributed by atoms with Crippen molar-refractivity contribution < 1.29 is 0 Å². The van der Waals surface area contributed by atoms with Crippen LogP contribution >= 0.6 is 0 Å². The molecule has 0 atom stereocenters. The molecule has 15 heavy (non-hydrogen) atoms. The van der Waals surface area contributed by atoms with Gasteiger partial charge in [0.1, 0.15) is 5.82 Å². The van der Waals surface area contributed by atoms with Crippen LogP contribution in [0.1, 0.15) is 19.8 Å². The molecule has 1 heterocycles. The molecule has 0 saturated carbocycles. The molecule has 1 aromatic rings. The summed E-state index contributed by atoms with van der Waals surface area (Å²) in [6.07, 6.45) is 3.62. The molecule has 84 valence electrons. The maximum Gasteiger partial charge on any atom is 0.252 e. The topological polar surface area (TPSA) is 75.0 Å². The van der Waals surface area contributed by atoms with Gasteiger partial charge < -0.3 is 15.6 Å². The summed E-state index contributed by atoms with van der Waals surface area (Å²) in [4.78, 5) is 19.8. The van der Waals surface area contributed by atoms with Crippen molar-refractivity contribution >= 4 is 5.82 Å². The largest absolute Gasteiger partial charge is 0.355 e. The quantitative estimate of drug-likeness (QED) is 0.709. The Labute approximate surface area is 89.3 Å². The Hall–Kier alpha value is -1.36. The zero-order chi connectivity index (χ0) is 11.1. The Balaban J connectivity index is 2.73. The molecular formula is C10H18N4O. The van der Waals surface area contributed by atoms with Crippen molar-refractivity contribution in [2.75, 3.05) is 24.5 Å². The van der Waals surface area contributed by atoms with Gasteiger partial charge in [0.15, 0.2) is 0 Å². The monoisotopic (exact) mass is 210 g/mol. The lowest BCUT2D eigenvalue weighted by atomic mass is 10.3. The summed E-state index contributed by atoms with van der Waals surface area (Å²) < 4.78 is 0. The van der Waals surface area contributed by atoms with Crippen LogP contribution < -0.4 is 16.2 Å². The summed E-state index contributed by atoms with van der Waals surface area (Å²) in [6, 6.07) is 1.51. The first-order chi connectivity index (χ1) is 7.27. The first kappa shape index (κ1) is 11.7. The van der Waals surface area contributed by atoms with E-state index in [1.807, 2.05) is 4.90 Å². The van der Waals surface area contributed by atoms with Gasteiger partial charge in [-0.3, -0.25) is 4.79 Å². The van der Waals surface area contributed by atoms with E-state index in [2.05, 4.69) is 16.9 Å². The molecule has 0 aliphatic carbocycles. The summed E-state index contributed by atoms with van der Waals surface area (Å²) >= 11 is 0. The van der Waals surface area contributed by atoms with E-state index in [-0.39, 0.29) is 5.56 Å². The van der Waals surface area contributed by atoms with Crippen LogP contribution in [0.25, 0.3) is 0 Å². The van der Waals surface area contributed by atoms with Crippen LogP contribution in [0.15, 0.2) is 17.2 Å². The van der Waals surface area contributed by atoms with Crippen molar-refractivity contribution in [1.29, 1.82) is 0 Å². The third-order valence-corrected chi connectivity index (χ3v) is 2.17. The van der Waals surface area contributed by atoms with E-state index in [1.165, 1.54) is 12.4 Å². The number of aromatic nitrogens is 2. The Morgan fingerprint density at radius 1 is 1.53 bits per heavy atom. The molecule has 0 aromatic carbocycles. The second kappa shape index (κ2) is 6.19. The van der Waals surface area contributed by atoms with Crippen LogP contribution in [0, 0.1) is 0 Å². The molecule has 0 unspecified atom stereocenters. The highest BCUT2D eigenvalue weighted by atomic mass is 16.1. The third-order valence-electron chi connectivity index (χ3n) is 2.17. The summed E-state index contributed by atoms with van der Waals surface area (Å²) in [5.41, 5.74) is 5.39. The minimum Gasteiger partial charge on any atom is -0.355 e. The number of nitrogens with two attached hydrogens (primary N) is 1. The van der Waals surface area contributed by atoms with Gasteiger partial charge in [-0.2, -0.15) is 0 Å². The van der Waals surface area contributed by atoms with Crippen LogP contribution in [0.3, 0.4) is 0 Å². The lowest BCUT2D eigenvalue weighted by Gasteiger charge is -2.22. The molecule has 0 radical (unpaired) electrons. The van der Waals surface area contributed by atoms with Gasteiger partial charge in [0.05, 0.1) is 6.33 Å². The van der Waals surface area contributed by atoms with Gasteiger partial charge in [0, 0.05) is 25.7 Å². The van der Waals surface area contributed by atoms with Crippen LogP contribution in [0.5, 0.6) is 0 Å². The molecule has 5 heteroatoms. The maximum atomic E-state index is 11.1. The minimum absolute atomic E-state index is 0.126. The van der Waals surface area contributed by atoms with Crippen LogP contribution in [0.2, 0.25) is 0 Å². The SMILES string of the molecule is CCCCN(CCN)c1cc(=O)[nH]cn1. The Morgan fingerprint density at radius 2 is 2.33 bits per heavy atom. The van der Waals surface area contributed by atoms with Crippen molar-refractivity contribution in [3.05, 3.63) is 22.7 Å². The Morgan fingerprint density at radius 3 is 2.93 bits per heavy atom. The number of rotatable bonds is 6. The first-order valence-corrected chi connectivity index (χ1v) is 5.27. The standard InChI is InChI=1S/C10H18N4O/c1-2-3-5-14(6-4-11)9-7-10(15)13-8-12-9/h7-8H,2-6,11H2,1H3,(H,12,13,15). The van der Waals surface area contributed by atoms with Crippen LogP contribution in [0.4, 0.5) is 5.82 Å². The van der Waals surface area contributed by atoms with Gasteiger partial charge in [-0.05, 0) is 6.42 Å². The molecule has 0 bridgehead atoms. The number of anilines is 1. The van der Waals surface area contributed by atoms with Crippen LogP contribution in [-0.2, 0) is 0 Å². The minimum atomic E-state index is -0.126. The normalized spacial score (nSPS) is 10.3. The summed E-state index contributed by atoms with van der Waals surface area (Å²) in [5, 5.41) is 0. The van der Waals surface area contributed by atoms with Gasteiger partial charge in [0.2, 0.25) is 0 Å². The van der Waals surface area contributed by atoms with Crippen LogP contribution in [-0.4, -0.2) is 29.6 Å². The average Bonchev–Trinajstić information content (AvgIpc) is 2.24. The van der Waals surface area contributed by atoms with Gasteiger partial charge in [-0.1, -0.05) is 13.3 Å². The van der Waals surface area contributed by atoms with E-state index in [9.17, 15) is 4.79 Å². The van der Waals surface area contributed by atoms with E-state index in [1.54, 1.807) is 0 Å². The third kappa shape index (κ3) is 3.71. The highest BCUT2D eigenvalue weighted by Crippen LogP contribution is 2.06. The predicted octanol–water partition coefficient (Wildman–Crippen LogP) is 0.335. The second-order valence-electron chi connectivity index (χ2n) is 3.40. The lowest BCUT2D eigenvalue weighted by molar-refractivity contribution is 0.706. The smallest absolute Gasteiger partial charge is 0.252 e. The lowest BCUT2D eigenvalue weighted by Crippen LogP contribution is -2.31. The van der Waals surface area contributed by atoms with Crippen molar-refractivity contribution in [1.82, 2.24) is 9.97 Å². The number of hydrogen-bond donors (Lipinski definition) is 2. The van der Waals surface area contributed by atoms with Crippen molar-refractivity contribution in [3.63, 3.8) is 0 Å². The number of unbranched alkanes of at least 4 members (excludes halogenated alkanes) is 1. The van der Waals surface area contributed by atoms with Gasteiger partial charge >= 0.3 is 0 Å². The fourth-order valence-electron chi connectivity index (χ4n) is 1.38. The summed E-state index contributed by atoms with van der Waals surface area (Å²) in [6.45, 7) is 4.32. The zero-order valence-corrected chi connectivity index (χ0v) is 9.07. The molecule has 0 fully saturated rings. The first-order valence-electron chi connectivity index (χ1n) is 5.27. The molecule has 0 aliphatic rings. The number of nitrogens with zero attached hydrogens (tertiary/aromatic N) is 2. The number of nitrogens with one attached hydrogen (secondary N) is 1. The number of aromatic amines is 1. The van der Waals surface area contributed by atoms with Crippen molar-refractivity contribution in [3.8, 4) is 0 Å². The maximum absolute atomic E-state index is 11.1. The summed E-state index contributed by atoms with van der Waals surface area (Å²) in [5.74, 6) is 0.706. The molecule has 0 aliphatic heterocycles. The molecular weight excluding hydrogens is 192 g/mol. The fourth-order valence-corrected chi connectivity index (χ4v) is 1.38. The molecule has 1 rings (SSSR count). The van der Waals surface area contributed by atoms with E-state index in [4.69, 9.17) is 5.73 Å². The van der Waals surface area contributed by atoms with Gasteiger partial charge in [-0.15, -0.1) is 0 Å². The Bertz CT molecular complexity index is 336. The van der Waals surface area contributed by atoms with Gasteiger partial charge in [-0.25, -0.2) is 4.98 Å². The molecule has 0 spiro atoms. The van der Waals surface area contributed by atoms with Crippen molar-refractivity contribution in [2.24, 2.45) is 5.73 Å². The molecule has 5 nitrogen and oxygen atoms in total. The van der Waals surface area contributed by atoms with Gasteiger partial charge in [0.25, 0.3) is 5.56 Å². The predicted molar refractivity (Wildman–Crippen MR) is 61.0 cm³/mol. The fraction of sp³-hybridized carbons (Fsp3) is 0.600. The molecule has 0 amide bonds. The van der Waals surface area contributed by atoms with Crippen molar-refractivity contribution in [2.45, 2.75) is 19.8 Å². The van der Waals surface area contributed by atoms with E-state index < -0.39 is 0 Å². The molecule has 0 saturated heterocycles. The second-order valence-corrected chi connectivity index (χ2v) is 3.40. The molecule has 3 N–H and O–H groups in total. The van der Waals surface area contributed by atoms with E-state index in [0.717, 1.165) is 25.9 Å². The molecule has 1 aromatic heterocycles. The highest BCUT2D eigenvalue weighted by Gasteiger charge is 2.06. The van der Waals surface area contributed by atoms with E-state index >= 15 is 0 Å². The van der Waals surface area contributed by atoms with E-state index in [0.29, 0.717) is 12.4 Å². The Kier molecular flexibility index (Phi) is 4.83. The number of H-pyrrole nitrogens is 1. The summed E-state index contributed by atoms with van der Waals surface area (Å²) in [7, 11) is 0. The average molecular weight is 210 g/mol. The zero-order valence-electron chi connectivity index (χ0n) is 9.07. The number of hydrogen-bond acceptors (Lipinski definition) is 4.